The minimum absolute atomic E-state index is 0.157. The zero-order valence-corrected chi connectivity index (χ0v) is 27.6. The van der Waals surface area contributed by atoms with Gasteiger partial charge in [-0.25, -0.2) is 15.0 Å². The number of fused-ring (bicyclic) bond motifs is 1. The van der Waals surface area contributed by atoms with Crippen LogP contribution in [-0.4, -0.2) is 68.3 Å². The molecule has 246 valence electrons. The fraction of sp³-hybridized carbons (Fsp3) is 0.343. The summed E-state index contributed by atoms with van der Waals surface area (Å²) in [5.74, 6) is 1.94. The first kappa shape index (κ1) is 32.7. The van der Waals surface area contributed by atoms with Crippen LogP contribution >= 0.6 is 7.37 Å². The molecule has 6 rings (SSSR count). The highest BCUT2D eigenvalue weighted by Gasteiger charge is 2.40. The molecule has 1 saturated heterocycles. The molecule has 0 spiro atoms. The van der Waals surface area contributed by atoms with Crippen LogP contribution in [-0.2, 0) is 14.8 Å². The molecule has 3 heterocycles. The van der Waals surface area contributed by atoms with Crippen molar-refractivity contribution in [3.8, 4) is 11.5 Å². The van der Waals surface area contributed by atoms with Crippen LogP contribution in [0.2, 0.25) is 0 Å². The van der Waals surface area contributed by atoms with Crippen molar-refractivity contribution in [2.45, 2.75) is 50.2 Å². The Labute approximate surface area is 274 Å². The second-order valence-electron chi connectivity index (χ2n) is 11.8. The molecule has 12 heteroatoms. The van der Waals surface area contributed by atoms with Crippen LogP contribution in [0.4, 0.5) is 5.82 Å². The van der Waals surface area contributed by atoms with E-state index in [0.29, 0.717) is 36.2 Å². The van der Waals surface area contributed by atoms with Crippen molar-refractivity contribution in [3.05, 3.63) is 108 Å². The van der Waals surface area contributed by atoms with Gasteiger partial charge in [-0.15, -0.1) is 0 Å². The highest BCUT2D eigenvalue weighted by Crippen LogP contribution is 2.45. The largest absolute Gasteiger partial charge is 0.497 e. The molecule has 3 aromatic carbocycles. The first-order valence-corrected chi connectivity index (χ1v) is 17.8. The summed E-state index contributed by atoms with van der Waals surface area (Å²) >= 11 is 0. The van der Waals surface area contributed by atoms with E-state index in [0.717, 1.165) is 28.2 Å². The number of ether oxygens (including phenoxy) is 3. The number of aromatic nitrogens is 4. The van der Waals surface area contributed by atoms with E-state index in [9.17, 15) is 14.6 Å². The number of nitrogens with zero attached hydrogens (tertiary/aromatic N) is 4. The number of rotatable bonds is 13. The van der Waals surface area contributed by atoms with Crippen molar-refractivity contribution in [1.29, 1.82) is 0 Å². The topological polar surface area (TPSA) is 141 Å². The van der Waals surface area contributed by atoms with E-state index in [1.54, 1.807) is 25.1 Å². The van der Waals surface area contributed by atoms with Crippen molar-refractivity contribution in [1.82, 2.24) is 19.5 Å². The van der Waals surface area contributed by atoms with Gasteiger partial charge in [-0.05, 0) is 53.8 Å². The van der Waals surface area contributed by atoms with Gasteiger partial charge < -0.3 is 29.5 Å². The summed E-state index contributed by atoms with van der Waals surface area (Å²) < 4.78 is 31.3. The average Bonchev–Trinajstić information content (AvgIpc) is 3.70. The molecular weight excluding hydrogens is 617 g/mol. The maximum absolute atomic E-state index is 12.4. The number of nitrogens with one attached hydrogen (secondary N) is 1. The molecular formula is C35H40N5O6P. The number of aliphatic hydroxyl groups excluding tert-OH is 1. The van der Waals surface area contributed by atoms with Crippen LogP contribution in [0.25, 0.3) is 11.2 Å². The minimum Gasteiger partial charge on any atom is -0.497 e. The Morgan fingerprint density at radius 3 is 2.13 bits per heavy atom. The first-order chi connectivity index (χ1) is 22.8. The molecule has 1 fully saturated rings. The number of hydrogen-bond acceptors (Lipinski definition) is 9. The molecule has 0 bridgehead atoms. The van der Waals surface area contributed by atoms with Gasteiger partial charge in [-0.3, -0.25) is 9.13 Å². The van der Waals surface area contributed by atoms with Gasteiger partial charge in [0.25, 0.3) is 0 Å². The third-order valence-corrected chi connectivity index (χ3v) is 10.8. The smallest absolute Gasteiger partial charge is 0.200 e. The van der Waals surface area contributed by atoms with E-state index in [2.05, 4.69) is 27.4 Å². The van der Waals surface area contributed by atoms with E-state index in [-0.39, 0.29) is 18.4 Å². The van der Waals surface area contributed by atoms with Gasteiger partial charge in [-0.1, -0.05) is 61.5 Å². The van der Waals surface area contributed by atoms with Gasteiger partial charge >= 0.3 is 0 Å². The summed E-state index contributed by atoms with van der Waals surface area (Å²) in [7, 11) is 0.0575. The van der Waals surface area contributed by atoms with E-state index in [1.807, 2.05) is 73.7 Å². The second-order valence-corrected chi connectivity index (χ2v) is 14.4. The summed E-state index contributed by atoms with van der Waals surface area (Å²) in [5, 5.41) is 14.8. The highest BCUT2D eigenvalue weighted by molar-refractivity contribution is 7.57. The molecule has 1 aliphatic heterocycles. The van der Waals surface area contributed by atoms with Crippen LogP contribution in [0.5, 0.6) is 11.5 Å². The normalized spacial score (nSPS) is 19.4. The molecule has 5 aromatic rings. The summed E-state index contributed by atoms with van der Waals surface area (Å²) in [6.45, 7) is 1.89. The summed E-state index contributed by atoms with van der Waals surface area (Å²) in [5.41, 5.74) is 2.87. The molecule has 1 unspecified atom stereocenters. The molecule has 47 heavy (non-hydrogen) atoms. The monoisotopic (exact) mass is 657 g/mol. The van der Waals surface area contributed by atoms with Crippen molar-refractivity contribution in [2.24, 2.45) is 0 Å². The number of imidazole rings is 1. The quantitative estimate of drug-likeness (QED) is 0.103. The standard InChI is InChI=1S/C35H40N5O6P/c1-4-19-47(42,43)20-18-29-21-30(41)34(46-29)40-23-38-31-32(36-22-37-33(31)40)39-35(24-8-6-5-7-9-24,25-10-14-27(44-2)15-11-25)26-12-16-28(45-3)17-13-26/h5-17,22-23,29-30,34,41H,4,18-21H2,1-3H3,(H,42,43)(H,36,37,39)/t29-,30-,34-/m1/s1. The summed E-state index contributed by atoms with van der Waals surface area (Å²) in [6.07, 6.45) is 2.93. The van der Waals surface area contributed by atoms with Crippen LogP contribution in [0.15, 0.2) is 91.5 Å². The number of methoxy groups -OCH3 is 2. The predicted octanol–water partition coefficient (Wildman–Crippen LogP) is 5.97. The van der Waals surface area contributed by atoms with Crippen LogP contribution in [0.1, 0.15) is 49.1 Å². The predicted molar refractivity (Wildman–Crippen MR) is 180 cm³/mol. The number of aliphatic hydroxyl groups is 1. The van der Waals surface area contributed by atoms with Crippen LogP contribution in [0.3, 0.4) is 0 Å². The number of anilines is 1. The van der Waals surface area contributed by atoms with Gasteiger partial charge in [0.15, 0.2) is 23.2 Å². The average molecular weight is 658 g/mol. The first-order valence-electron chi connectivity index (χ1n) is 15.7. The molecule has 2 aromatic heterocycles. The minimum atomic E-state index is -3.22. The van der Waals surface area contributed by atoms with Crippen molar-refractivity contribution < 1.29 is 28.8 Å². The number of hydrogen-bond donors (Lipinski definition) is 3. The van der Waals surface area contributed by atoms with Crippen LogP contribution in [0, 0.1) is 0 Å². The third kappa shape index (κ3) is 6.62. The lowest BCUT2D eigenvalue weighted by Gasteiger charge is -2.37. The fourth-order valence-corrected chi connectivity index (χ4v) is 7.98. The third-order valence-electron chi connectivity index (χ3n) is 8.73. The van der Waals surface area contributed by atoms with E-state index in [4.69, 9.17) is 19.2 Å². The highest BCUT2D eigenvalue weighted by atomic mass is 31.2. The van der Waals surface area contributed by atoms with E-state index >= 15 is 0 Å². The van der Waals surface area contributed by atoms with E-state index in [1.165, 1.54) is 6.33 Å². The van der Waals surface area contributed by atoms with Gasteiger partial charge in [0.05, 0.1) is 26.7 Å². The molecule has 1 aliphatic rings. The van der Waals surface area contributed by atoms with Gasteiger partial charge in [-0.2, -0.15) is 0 Å². The molecule has 0 radical (unpaired) electrons. The van der Waals surface area contributed by atoms with Crippen LogP contribution < -0.4 is 14.8 Å². The van der Waals surface area contributed by atoms with Gasteiger partial charge in [0.1, 0.15) is 29.5 Å². The fourth-order valence-electron chi connectivity index (χ4n) is 6.37. The molecule has 11 nitrogen and oxygen atoms in total. The summed E-state index contributed by atoms with van der Waals surface area (Å²) in [6, 6.07) is 25.9. The lowest BCUT2D eigenvalue weighted by molar-refractivity contribution is -0.0354. The molecule has 0 saturated carbocycles. The van der Waals surface area contributed by atoms with E-state index < -0.39 is 25.2 Å². The Bertz CT molecular complexity index is 1790. The lowest BCUT2D eigenvalue weighted by Crippen LogP contribution is -2.38. The molecule has 0 amide bonds. The molecule has 0 aliphatic carbocycles. The maximum Gasteiger partial charge on any atom is 0.200 e. The molecule has 4 atom stereocenters. The van der Waals surface area contributed by atoms with Crippen molar-refractivity contribution in [2.75, 3.05) is 31.9 Å². The Balaban J connectivity index is 1.41. The van der Waals surface area contributed by atoms with Crippen molar-refractivity contribution in [3.63, 3.8) is 0 Å². The van der Waals surface area contributed by atoms with Gasteiger partial charge in [0, 0.05) is 18.7 Å². The van der Waals surface area contributed by atoms with Crippen molar-refractivity contribution >= 4 is 24.4 Å². The molecule has 3 N–H and O–H groups in total. The Morgan fingerprint density at radius 2 is 1.53 bits per heavy atom. The Morgan fingerprint density at radius 1 is 0.915 bits per heavy atom. The second kappa shape index (κ2) is 13.8. The number of benzene rings is 3. The maximum atomic E-state index is 12.4. The zero-order valence-electron chi connectivity index (χ0n) is 26.7. The Kier molecular flexibility index (Phi) is 9.61. The lowest BCUT2D eigenvalue weighted by atomic mass is 9.77. The zero-order chi connectivity index (χ0) is 33.0. The Hall–Kier alpha value is -4.28. The summed E-state index contributed by atoms with van der Waals surface area (Å²) in [4.78, 5) is 24.2. The SMILES string of the molecule is CCCP(=O)(O)CC[C@@H]1C[C@@H](O)[C@H](n2cnc3c(NC(c4ccccc4)(c4ccc(OC)cc4)c4ccc(OC)cc4)ncnc32)O1. The van der Waals surface area contributed by atoms with Gasteiger partial charge in [0.2, 0.25) is 7.37 Å².